The zero-order chi connectivity index (χ0) is 14.7. The molecule has 0 aliphatic carbocycles. The van der Waals surface area contributed by atoms with Crippen LogP contribution in [-0.4, -0.2) is 9.78 Å². The molecule has 0 radical (unpaired) electrons. The third kappa shape index (κ3) is 3.38. The van der Waals surface area contributed by atoms with Gasteiger partial charge in [0.1, 0.15) is 12.4 Å². The molecule has 0 N–H and O–H groups in total. The Morgan fingerprint density at radius 1 is 1.35 bits per heavy atom. The van der Waals surface area contributed by atoms with Crippen LogP contribution in [0.1, 0.15) is 23.9 Å². The molecular formula is C14H15Br2ClN2O. The Labute approximate surface area is 140 Å². The second-order valence-electron chi connectivity index (χ2n) is 4.37. The maximum atomic E-state index is 5.86. The molecule has 0 unspecified atom stereocenters. The average molecular weight is 423 g/mol. The number of halogens is 3. The van der Waals surface area contributed by atoms with E-state index in [9.17, 15) is 0 Å². The van der Waals surface area contributed by atoms with Crippen LogP contribution in [-0.2, 0) is 26.0 Å². The summed E-state index contributed by atoms with van der Waals surface area (Å²) in [4.78, 5) is 0. The fourth-order valence-electron chi connectivity index (χ4n) is 1.87. The highest BCUT2D eigenvalue weighted by Crippen LogP contribution is 2.29. The fraction of sp³-hybridized carbons (Fsp3) is 0.357. The lowest BCUT2D eigenvalue weighted by Crippen LogP contribution is -2.04. The van der Waals surface area contributed by atoms with E-state index in [0.717, 1.165) is 38.1 Å². The smallest absolute Gasteiger partial charge is 0.134 e. The van der Waals surface area contributed by atoms with E-state index in [1.54, 1.807) is 0 Å². The lowest BCUT2D eigenvalue weighted by Gasteiger charge is -2.09. The maximum Gasteiger partial charge on any atom is 0.134 e. The molecule has 0 spiro atoms. The van der Waals surface area contributed by atoms with E-state index in [1.165, 1.54) is 0 Å². The molecule has 2 rings (SSSR count). The van der Waals surface area contributed by atoms with Crippen LogP contribution < -0.4 is 4.74 Å². The maximum absolute atomic E-state index is 5.86. The SMILES string of the molecule is CCc1nn(C)c(COc2ccc(CCl)cc2Br)c1Br. The van der Waals surface area contributed by atoms with Gasteiger partial charge in [0.25, 0.3) is 0 Å². The lowest BCUT2D eigenvalue weighted by molar-refractivity contribution is 0.292. The van der Waals surface area contributed by atoms with E-state index in [-0.39, 0.29) is 0 Å². The fourth-order valence-corrected chi connectivity index (χ4v) is 3.30. The molecule has 0 aliphatic rings. The number of alkyl halides is 1. The summed E-state index contributed by atoms with van der Waals surface area (Å²) in [6.45, 7) is 2.54. The normalized spacial score (nSPS) is 10.8. The minimum absolute atomic E-state index is 0.461. The van der Waals surface area contributed by atoms with E-state index >= 15 is 0 Å². The molecular weight excluding hydrogens is 407 g/mol. The Morgan fingerprint density at radius 2 is 2.10 bits per heavy atom. The van der Waals surface area contributed by atoms with Crippen LogP contribution in [0.15, 0.2) is 27.1 Å². The van der Waals surface area contributed by atoms with Crippen LogP contribution in [0.3, 0.4) is 0 Å². The molecule has 108 valence electrons. The summed E-state index contributed by atoms with van der Waals surface area (Å²) in [6, 6.07) is 5.85. The Morgan fingerprint density at radius 3 is 2.65 bits per heavy atom. The summed E-state index contributed by atoms with van der Waals surface area (Å²) in [7, 11) is 1.92. The second kappa shape index (κ2) is 6.96. The number of benzene rings is 1. The van der Waals surface area contributed by atoms with Crippen LogP contribution in [0.4, 0.5) is 0 Å². The van der Waals surface area contributed by atoms with E-state index in [0.29, 0.717) is 12.5 Å². The highest BCUT2D eigenvalue weighted by atomic mass is 79.9. The highest BCUT2D eigenvalue weighted by molar-refractivity contribution is 9.10. The van der Waals surface area contributed by atoms with Gasteiger partial charge in [-0.3, -0.25) is 4.68 Å². The predicted octanol–water partition coefficient (Wildman–Crippen LogP) is 4.83. The van der Waals surface area contributed by atoms with Gasteiger partial charge in [-0.2, -0.15) is 5.10 Å². The molecule has 2 aromatic rings. The van der Waals surface area contributed by atoms with Gasteiger partial charge in [0.05, 0.1) is 20.3 Å². The van der Waals surface area contributed by atoms with Gasteiger partial charge >= 0.3 is 0 Å². The molecule has 0 amide bonds. The molecule has 1 aromatic carbocycles. The number of hydrogen-bond donors (Lipinski definition) is 0. The van der Waals surface area contributed by atoms with Gasteiger partial charge in [0, 0.05) is 12.9 Å². The second-order valence-corrected chi connectivity index (χ2v) is 6.29. The van der Waals surface area contributed by atoms with Gasteiger partial charge in [0.2, 0.25) is 0 Å². The largest absolute Gasteiger partial charge is 0.486 e. The third-order valence-electron chi connectivity index (χ3n) is 3.02. The molecule has 0 atom stereocenters. The van der Waals surface area contributed by atoms with Gasteiger partial charge in [-0.15, -0.1) is 11.6 Å². The van der Waals surface area contributed by atoms with Crippen LogP contribution >= 0.6 is 43.5 Å². The monoisotopic (exact) mass is 420 g/mol. The van der Waals surface area contributed by atoms with Gasteiger partial charge in [-0.05, 0) is 56.0 Å². The summed E-state index contributed by atoms with van der Waals surface area (Å²) in [5.41, 5.74) is 3.12. The Bertz CT molecular complexity index is 613. The van der Waals surface area contributed by atoms with Crippen molar-refractivity contribution < 1.29 is 4.74 Å². The molecule has 1 heterocycles. The first-order valence-corrected chi connectivity index (χ1v) is 8.36. The average Bonchev–Trinajstić information content (AvgIpc) is 2.72. The molecule has 6 heteroatoms. The summed E-state index contributed by atoms with van der Waals surface area (Å²) < 4.78 is 9.64. The molecule has 0 bridgehead atoms. The molecule has 0 saturated heterocycles. The van der Waals surface area contributed by atoms with Crippen LogP contribution in [0, 0.1) is 0 Å². The number of rotatable bonds is 5. The van der Waals surface area contributed by atoms with Crippen molar-refractivity contribution in [3.8, 4) is 5.75 Å². The highest BCUT2D eigenvalue weighted by Gasteiger charge is 2.13. The van der Waals surface area contributed by atoms with Crippen molar-refractivity contribution in [2.24, 2.45) is 7.05 Å². The first kappa shape index (κ1) is 15.9. The number of nitrogens with zero attached hydrogens (tertiary/aromatic N) is 2. The van der Waals surface area contributed by atoms with Crippen LogP contribution in [0.2, 0.25) is 0 Å². The Balaban J connectivity index is 2.15. The first-order chi connectivity index (χ1) is 9.56. The quantitative estimate of drug-likeness (QED) is 0.646. The standard InChI is InChI=1S/C14H15Br2ClN2O/c1-3-11-14(16)12(19(2)18-11)8-20-13-5-4-9(7-17)6-10(13)15/h4-6H,3,7-8H2,1-2H3. The van der Waals surface area contributed by atoms with Gasteiger partial charge in [0.15, 0.2) is 0 Å². The summed E-state index contributed by atoms with van der Waals surface area (Å²) in [6.07, 6.45) is 0.891. The number of ether oxygens (including phenoxy) is 1. The Hall–Kier alpha value is -0.520. The summed E-state index contributed by atoms with van der Waals surface area (Å²) in [5, 5.41) is 4.45. The van der Waals surface area contributed by atoms with Crippen molar-refractivity contribution in [3.63, 3.8) is 0 Å². The van der Waals surface area contributed by atoms with E-state index < -0.39 is 0 Å². The lowest BCUT2D eigenvalue weighted by atomic mass is 10.2. The van der Waals surface area contributed by atoms with E-state index in [4.69, 9.17) is 16.3 Å². The van der Waals surface area contributed by atoms with Crippen molar-refractivity contribution in [3.05, 3.63) is 44.1 Å². The number of aryl methyl sites for hydroxylation is 2. The topological polar surface area (TPSA) is 27.1 Å². The van der Waals surface area contributed by atoms with E-state index in [2.05, 4.69) is 43.9 Å². The van der Waals surface area contributed by atoms with Gasteiger partial charge in [-0.1, -0.05) is 13.0 Å². The molecule has 0 aliphatic heterocycles. The van der Waals surface area contributed by atoms with Crippen LogP contribution in [0.5, 0.6) is 5.75 Å². The van der Waals surface area contributed by atoms with Gasteiger partial charge in [-0.25, -0.2) is 0 Å². The Kier molecular flexibility index (Phi) is 5.52. The van der Waals surface area contributed by atoms with Crippen molar-refractivity contribution in [1.29, 1.82) is 0 Å². The van der Waals surface area contributed by atoms with Crippen molar-refractivity contribution >= 4 is 43.5 Å². The van der Waals surface area contributed by atoms with Crippen LogP contribution in [0.25, 0.3) is 0 Å². The molecule has 3 nitrogen and oxygen atoms in total. The predicted molar refractivity (Wildman–Crippen MR) is 88.3 cm³/mol. The van der Waals surface area contributed by atoms with Crippen molar-refractivity contribution in [2.45, 2.75) is 25.8 Å². The minimum Gasteiger partial charge on any atom is -0.486 e. The minimum atomic E-state index is 0.461. The number of aromatic nitrogens is 2. The van der Waals surface area contributed by atoms with Gasteiger partial charge < -0.3 is 4.74 Å². The van der Waals surface area contributed by atoms with Crippen molar-refractivity contribution in [2.75, 3.05) is 0 Å². The summed E-state index contributed by atoms with van der Waals surface area (Å²) >= 11 is 12.9. The van der Waals surface area contributed by atoms with E-state index in [1.807, 2.05) is 29.9 Å². The molecule has 1 aromatic heterocycles. The zero-order valence-corrected chi connectivity index (χ0v) is 15.2. The zero-order valence-electron chi connectivity index (χ0n) is 11.3. The molecule has 0 fully saturated rings. The third-order valence-corrected chi connectivity index (χ3v) is 4.86. The molecule has 0 saturated carbocycles. The molecule has 20 heavy (non-hydrogen) atoms. The summed E-state index contributed by atoms with van der Waals surface area (Å²) in [5.74, 6) is 1.29. The number of hydrogen-bond acceptors (Lipinski definition) is 2. The first-order valence-electron chi connectivity index (χ1n) is 6.24. The van der Waals surface area contributed by atoms with Crippen molar-refractivity contribution in [1.82, 2.24) is 9.78 Å².